The summed E-state index contributed by atoms with van der Waals surface area (Å²) in [6.07, 6.45) is 3.58. The molecular weight excluding hydrogens is 198 g/mol. The molecule has 0 N–H and O–H groups in total. The van der Waals surface area contributed by atoms with Crippen LogP contribution in [0.25, 0.3) is 0 Å². The fourth-order valence-electron chi connectivity index (χ4n) is 1.75. The lowest BCUT2D eigenvalue weighted by atomic mass is 9.89. The summed E-state index contributed by atoms with van der Waals surface area (Å²) in [5.41, 5.74) is 0.886. The smallest absolute Gasteiger partial charge is 0.129 e. The van der Waals surface area contributed by atoms with Crippen LogP contribution < -0.4 is 0 Å². The lowest BCUT2D eigenvalue weighted by Gasteiger charge is -2.30. The Kier molecular flexibility index (Phi) is 3.90. The number of aromatic nitrogens is 1. The predicted octanol–water partition coefficient (Wildman–Crippen LogP) is 3.40. The highest BCUT2D eigenvalue weighted by atomic mass is 35.5. The molecule has 1 rings (SSSR count). The van der Waals surface area contributed by atoms with Crippen molar-refractivity contribution in [2.24, 2.45) is 0 Å². The number of halogens is 1. The monoisotopic (exact) mass is 213 g/mol. The van der Waals surface area contributed by atoms with Crippen molar-refractivity contribution >= 4 is 11.6 Å². The van der Waals surface area contributed by atoms with Crippen LogP contribution in [-0.4, -0.2) is 12.1 Å². The molecule has 0 spiro atoms. The first kappa shape index (κ1) is 11.5. The maximum atomic E-state index is 5.86. The maximum Gasteiger partial charge on any atom is 0.129 e. The van der Waals surface area contributed by atoms with Crippen molar-refractivity contribution in [2.75, 3.05) is 7.11 Å². The van der Waals surface area contributed by atoms with Crippen molar-refractivity contribution in [3.63, 3.8) is 0 Å². The van der Waals surface area contributed by atoms with Crippen molar-refractivity contribution in [2.45, 2.75) is 32.3 Å². The summed E-state index contributed by atoms with van der Waals surface area (Å²) in [6.45, 7) is 4.22. The van der Waals surface area contributed by atoms with E-state index in [1.54, 1.807) is 13.3 Å². The van der Waals surface area contributed by atoms with E-state index in [1.807, 2.05) is 12.1 Å². The van der Waals surface area contributed by atoms with Crippen molar-refractivity contribution in [3.8, 4) is 0 Å². The highest BCUT2D eigenvalue weighted by Crippen LogP contribution is 2.32. The Bertz CT molecular complexity index is 289. The molecule has 1 aromatic heterocycles. The molecule has 1 heterocycles. The van der Waals surface area contributed by atoms with Gasteiger partial charge in [-0.3, -0.25) is 0 Å². The van der Waals surface area contributed by atoms with Crippen LogP contribution in [0.4, 0.5) is 0 Å². The van der Waals surface area contributed by atoms with Crippen LogP contribution in [0.15, 0.2) is 18.3 Å². The molecule has 0 unspecified atom stereocenters. The molecule has 0 amide bonds. The summed E-state index contributed by atoms with van der Waals surface area (Å²) >= 11 is 5.86. The molecule has 0 bridgehead atoms. The van der Waals surface area contributed by atoms with Crippen LogP contribution in [0.3, 0.4) is 0 Å². The number of ether oxygens (including phenoxy) is 1. The topological polar surface area (TPSA) is 22.1 Å². The van der Waals surface area contributed by atoms with E-state index in [9.17, 15) is 0 Å². The van der Waals surface area contributed by atoms with E-state index in [0.717, 1.165) is 18.4 Å². The summed E-state index contributed by atoms with van der Waals surface area (Å²) in [7, 11) is 1.74. The molecule has 0 aliphatic rings. The molecule has 0 fully saturated rings. The van der Waals surface area contributed by atoms with Gasteiger partial charge in [-0.25, -0.2) is 4.98 Å². The summed E-state index contributed by atoms with van der Waals surface area (Å²) in [5.74, 6) is 0. The summed E-state index contributed by atoms with van der Waals surface area (Å²) < 4.78 is 5.59. The van der Waals surface area contributed by atoms with E-state index in [0.29, 0.717) is 5.15 Å². The van der Waals surface area contributed by atoms with Gasteiger partial charge in [-0.2, -0.15) is 0 Å². The van der Waals surface area contributed by atoms with Gasteiger partial charge in [0.1, 0.15) is 5.15 Å². The lowest BCUT2D eigenvalue weighted by Crippen LogP contribution is -2.26. The van der Waals surface area contributed by atoms with E-state index >= 15 is 0 Å². The van der Waals surface area contributed by atoms with Gasteiger partial charge in [-0.1, -0.05) is 25.4 Å². The second-order valence-electron chi connectivity index (χ2n) is 3.27. The molecule has 78 valence electrons. The first-order valence-corrected chi connectivity index (χ1v) is 5.23. The van der Waals surface area contributed by atoms with Crippen LogP contribution in [-0.2, 0) is 10.3 Å². The van der Waals surface area contributed by atoms with Gasteiger partial charge in [0.05, 0.1) is 5.60 Å². The van der Waals surface area contributed by atoms with Crippen LogP contribution >= 0.6 is 11.6 Å². The van der Waals surface area contributed by atoms with E-state index in [4.69, 9.17) is 16.3 Å². The summed E-state index contributed by atoms with van der Waals surface area (Å²) in [5, 5.41) is 0.519. The van der Waals surface area contributed by atoms with Crippen LogP contribution in [0, 0.1) is 0 Å². The fourth-order valence-corrected chi connectivity index (χ4v) is 1.92. The number of nitrogens with zero attached hydrogens (tertiary/aromatic N) is 1. The average Bonchev–Trinajstić information content (AvgIpc) is 2.22. The van der Waals surface area contributed by atoms with Crippen molar-refractivity contribution in [1.29, 1.82) is 0 Å². The highest BCUT2D eigenvalue weighted by molar-refractivity contribution is 6.29. The number of hydrogen-bond acceptors (Lipinski definition) is 2. The molecule has 0 aliphatic carbocycles. The maximum absolute atomic E-state index is 5.86. The second kappa shape index (κ2) is 4.76. The minimum Gasteiger partial charge on any atom is -0.374 e. The molecule has 0 saturated carbocycles. The Morgan fingerprint density at radius 2 is 2.07 bits per heavy atom. The van der Waals surface area contributed by atoms with E-state index in [1.165, 1.54) is 0 Å². The normalized spacial score (nSPS) is 11.7. The van der Waals surface area contributed by atoms with Gasteiger partial charge in [0.25, 0.3) is 0 Å². The van der Waals surface area contributed by atoms with E-state index in [2.05, 4.69) is 18.8 Å². The SMILES string of the molecule is CCC(CC)(OC)c1ccnc(Cl)c1. The second-order valence-corrected chi connectivity index (χ2v) is 3.66. The molecule has 3 heteroatoms. The Labute approximate surface area is 90.3 Å². The largest absolute Gasteiger partial charge is 0.374 e. The molecule has 2 nitrogen and oxygen atoms in total. The van der Waals surface area contributed by atoms with Crippen LogP contribution in [0.5, 0.6) is 0 Å². The quantitative estimate of drug-likeness (QED) is 0.716. The van der Waals surface area contributed by atoms with Gasteiger partial charge in [-0.15, -0.1) is 0 Å². The first-order valence-electron chi connectivity index (χ1n) is 4.85. The summed E-state index contributed by atoms with van der Waals surface area (Å²) in [4.78, 5) is 3.97. The first-order chi connectivity index (χ1) is 6.68. The minimum atomic E-state index is -0.216. The Hall–Kier alpha value is -0.600. The average molecular weight is 214 g/mol. The Morgan fingerprint density at radius 1 is 1.43 bits per heavy atom. The third-order valence-electron chi connectivity index (χ3n) is 2.79. The molecular formula is C11H16ClNO. The zero-order valence-corrected chi connectivity index (χ0v) is 9.64. The van der Waals surface area contributed by atoms with Gasteiger partial charge >= 0.3 is 0 Å². The number of methoxy groups -OCH3 is 1. The van der Waals surface area contributed by atoms with E-state index in [-0.39, 0.29) is 5.60 Å². The van der Waals surface area contributed by atoms with Gasteiger partial charge in [0.2, 0.25) is 0 Å². The molecule has 0 atom stereocenters. The summed E-state index contributed by atoms with van der Waals surface area (Å²) in [6, 6.07) is 3.83. The predicted molar refractivity (Wildman–Crippen MR) is 58.5 cm³/mol. The third kappa shape index (κ3) is 2.07. The fraction of sp³-hybridized carbons (Fsp3) is 0.545. The lowest BCUT2D eigenvalue weighted by molar-refractivity contribution is -0.0218. The van der Waals surface area contributed by atoms with Crippen molar-refractivity contribution < 1.29 is 4.74 Å². The third-order valence-corrected chi connectivity index (χ3v) is 2.99. The van der Waals surface area contributed by atoms with Gasteiger partial charge in [0, 0.05) is 13.3 Å². The van der Waals surface area contributed by atoms with Crippen LogP contribution in [0.2, 0.25) is 5.15 Å². The van der Waals surface area contributed by atoms with Gasteiger partial charge < -0.3 is 4.74 Å². The highest BCUT2D eigenvalue weighted by Gasteiger charge is 2.27. The van der Waals surface area contributed by atoms with Crippen molar-refractivity contribution in [3.05, 3.63) is 29.0 Å². The van der Waals surface area contributed by atoms with E-state index < -0.39 is 0 Å². The van der Waals surface area contributed by atoms with Gasteiger partial charge in [0.15, 0.2) is 0 Å². The molecule has 0 radical (unpaired) electrons. The molecule has 0 aliphatic heterocycles. The number of rotatable bonds is 4. The zero-order chi connectivity index (χ0) is 10.6. The molecule has 0 aromatic carbocycles. The molecule has 14 heavy (non-hydrogen) atoms. The van der Waals surface area contributed by atoms with Gasteiger partial charge in [-0.05, 0) is 30.5 Å². The number of hydrogen-bond donors (Lipinski definition) is 0. The molecule has 1 aromatic rings. The number of pyridine rings is 1. The molecule has 0 saturated heterocycles. The minimum absolute atomic E-state index is 0.216. The standard InChI is InChI=1S/C11H16ClNO/c1-4-11(5-2,14-3)9-6-7-13-10(12)8-9/h6-8H,4-5H2,1-3H3. The van der Waals surface area contributed by atoms with Crippen molar-refractivity contribution in [1.82, 2.24) is 4.98 Å². The van der Waals surface area contributed by atoms with Crippen LogP contribution in [0.1, 0.15) is 32.3 Å². The Morgan fingerprint density at radius 3 is 2.50 bits per heavy atom. The Balaban J connectivity index is 3.10. The zero-order valence-electron chi connectivity index (χ0n) is 8.88.